The van der Waals surface area contributed by atoms with E-state index in [9.17, 15) is 8.78 Å². The van der Waals surface area contributed by atoms with Crippen LogP contribution in [0.4, 0.5) is 8.78 Å². The number of ether oxygens (including phenoxy) is 1. The molecule has 0 amide bonds. The molecule has 4 aromatic rings. The largest absolute Gasteiger partial charge is 0.437 e. The van der Waals surface area contributed by atoms with E-state index in [4.69, 9.17) is 4.74 Å². The molecular formula is C20H15F2N5O. The minimum atomic E-state index is -3.01. The lowest BCUT2D eigenvalue weighted by atomic mass is 10.1. The SMILES string of the molecule is CC(F)(F)c1ccc(Oc2ncccc2-c2cccnc2-n2cccn2)cn1. The van der Waals surface area contributed by atoms with Crippen molar-refractivity contribution in [3.05, 3.63) is 79.1 Å². The Balaban J connectivity index is 1.71. The lowest BCUT2D eigenvalue weighted by Crippen LogP contribution is -2.09. The van der Waals surface area contributed by atoms with Crippen molar-refractivity contribution in [1.29, 1.82) is 0 Å². The van der Waals surface area contributed by atoms with Gasteiger partial charge in [0.2, 0.25) is 5.88 Å². The maximum atomic E-state index is 13.3. The van der Waals surface area contributed by atoms with E-state index < -0.39 is 5.92 Å². The van der Waals surface area contributed by atoms with Gasteiger partial charge < -0.3 is 4.74 Å². The number of alkyl halides is 2. The van der Waals surface area contributed by atoms with Gasteiger partial charge in [-0.1, -0.05) is 0 Å². The summed E-state index contributed by atoms with van der Waals surface area (Å²) >= 11 is 0. The topological polar surface area (TPSA) is 65.7 Å². The first-order chi connectivity index (χ1) is 13.5. The van der Waals surface area contributed by atoms with Crippen molar-refractivity contribution in [2.24, 2.45) is 0 Å². The maximum Gasteiger partial charge on any atom is 0.286 e. The Morgan fingerprint density at radius 2 is 1.68 bits per heavy atom. The van der Waals surface area contributed by atoms with Gasteiger partial charge in [0.15, 0.2) is 5.82 Å². The summed E-state index contributed by atoms with van der Waals surface area (Å²) < 4.78 is 34.2. The third kappa shape index (κ3) is 3.57. The van der Waals surface area contributed by atoms with E-state index >= 15 is 0 Å². The van der Waals surface area contributed by atoms with Crippen LogP contribution < -0.4 is 4.74 Å². The summed E-state index contributed by atoms with van der Waals surface area (Å²) in [6, 6.07) is 11.8. The number of rotatable bonds is 5. The highest BCUT2D eigenvalue weighted by molar-refractivity contribution is 5.74. The molecule has 6 nitrogen and oxygen atoms in total. The molecule has 0 radical (unpaired) electrons. The van der Waals surface area contributed by atoms with Crippen molar-refractivity contribution >= 4 is 0 Å². The van der Waals surface area contributed by atoms with Crippen LogP contribution in [0.5, 0.6) is 11.6 Å². The van der Waals surface area contributed by atoms with E-state index in [0.717, 1.165) is 12.5 Å². The lowest BCUT2D eigenvalue weighted by molar-refractivity contribution is 0.0127. The van der Waals surface area contributed by atoms with E-state index in [2.05, 4.69) is 20.1 Å². The van der Waals surface area contributed by atoms with Gasteiger partial charge in [-0.3, -0.25) is 4.98 Å². The predicted molar refractivity (Wildman–Crippen MR) is 98.5 cm³/mol. The fourth-order valence-electron chi connectivity index (χ4n) is 2.67. The van der Waals surface area contributed by atoms with Gasteiger partial charge in [0, 0.05) is 42.8 Å². The number of hydrogen-bond acceptors (Lipinski definition) is 5. The fourth-order valence-corrected chi connectivity index (χ4v) is 2.67. The second kappa shape index (κ2) is 7.15. The van der Waals surface area contributed by atoms with E-state index in [1.165, 1.54) is 18.3 Å². The highest BCUT2D eigenvalue weighted by Crippen LogP contribution is 2.34. The molecule has 0 aliphatic heterocycles. The first kappa shape index (κ1) is 17.7. The lowest BCUT2D eigenvalue weighted by Gasteiger charge is -2.13. The Hall–Kier alpha value is -3.68. The molecule has 28 heavy (non-hydrogen) atoms. The predicted octanol–water partition coefficient (Wildman–Crippen LogP) is 4.63. The summed E-state index contributed by atoms with van der Waals surface area (Å²) in [5, 5.41) is 4.23. The Kier molecular flexibility index (Phi) is 4.52. The van der Waals surface area contributed by atoms with Gasteiger partial charge in [-0.05, 0) is 42.5 Å². The van der Waals surface area contributed by atoms with Crippen molar-refractivity contribution in [3.63, 3.8) is 0 Å². The average Bonchev–Trinajstić information content (AvgIpc) is 3.23. The zero-order chi connectivity index (χ0) is 19.6. The quantitative estimate of drug-likeness (QED) is 0.506. The molecule has 4 heterocycles. The van der Waals surface area contributed by atoms with Gasteiger partial charge in [0.1, 0.15) is 11.4 Å². The Labute approximate surface area is 159 Å². The van der Waals surface area contributed by atoms with E-state index in [1.807, 2.05) is 12.1 Å². The first-order valence-corrected chi connectivity index (χ1v) is 8.45. The Morgan fingerprint density at radius 1 is 0.893 bits per heavy atom. The third-order valence-electron chi connectivity index (χ3n) is 3.97. The molecule has 0 unspecified atom stereocenters. The molecule has 0 saturated carbocycles. The standard InChI is InChI=1S/C20H15F2N5O/c1-20(21,22)17-8-7-14(13-25-17)28-19-16(6-3-10-24-19)15-5-2-9-23-18(15)27-12-4-11-26-27/h2-13H,1H3. The van der Waals surface area contributed by atoms with E-state index in [-0.39, 0.29) is 5.69 Å². The third-order valence-corrected chi connectivity index (χ3v) is 3.97. The van der Waals surface area contributed by atoms with Gasteiger partial charge >= 0.3 is 0 Å². The van der Waals surface area contributed by atoms with Crippen molar-refractivity contribution < 1.29 is 13.5 Å². The Morgan fingerprint density at radius 3 is 2.36 bits per heavy atom. The van der Waals surface area contributed by atoms with Crippen LogP contribution in [0, 0.1) is 0 Å². The first-order valence-electron chi connectivity index (χ1n) is 8.45. The van der Waals surface area contributed by atoms with Crippen molar-refractivity contribution in [3.8, 4) is 28.6 Å². The molecule has 8 heteroatoms. The second-order valence-electron chi connectivity index (χ2n) is 6.05. The average molecular weight is 379 g/mol. The van der Waals surface area contributed by atoms with Gasteiger partial charge in [-0.2, -0.15) is 13.9 Å². The smallest absolute Gasteiger partial charge is 0.286 e. The zero-order valence-corrected chi connectivity index (χ0v) is 14.8. The maximum absolute atomic E-state index is 13.3. The van der Waals surface area contributed by atoms with Crippen molar-refractivity contribution in [1.82, 2.24) is 24.7 Å². The van der Waals surface area contributed by atoms with Gasteiger partial charge in [-0.15, -0.1) is 0 Å². The van der Waals surface area contributed by atoms with Crippen molar-refractivity contribution in [2.45, 2.75) is 12.8 Å². The summed E-state index contributed by atoms with van der Waals surface area (Å²) in [6.07, 6.45) is 7.96. The number of halogens is 2. The van der Waals surface area contributed by atoms with Gasteiger partial charge in [0.25, 0.3) is 5.92 Å². The second-order valence-corrected chi connectivity index (χ2v) is 6.05. The van der Waals surface area contributed by atoms with Crippen LogP contribution in [0.3, 0.4) is 0 Å². The van der Waals surface area contributed by atoms with Crippen LogP contribution in [0.15, 0.2) is 73.4 Å². The van der Waals surface area contributed by atoms with Crippen molar-refractivity contribution in [2.75, 3.05) is 0 Å². The molecule has 140 valence electrons. The normalized spacial score (nSPS) is 11.4. The van der Waals surface area contributed by atoms with E-state index in [0.29, 0.717) is 23.0 Å². The van der Waals surface area contributed by atoms with Crippen LogP contribution in [0.25, 0.3) is 16.9 Å². The van der Waals surface area contributed by atoms with Crippen LogP contribution in [0.1, 0.15) is 12.6 Å². The molecule has 0 aliphatic carbocycles. The minimum Gasteiger partial charge on any atom is -0.437 e. The monoisotopic (exact) mass is 379 g/mol. The number of nitrogens with zero attached hydrogens (tertiary/aromatic N) is 5. The Bertz CT molecular complexity index is 1080. The molecule has 0 saturated heterocycles. The van der Waals surface area contributed by atoms with Crippen LogP contribution in [0.2, 0.25) is 0 Å². The highest BCUT2D eigenvalue weighted by atomic mass is 19.3. The molecule has 0 spiro atoms. The van der Waals surface area contributed by atoms with Crippen LogP contribution >= 0.6 is 0 Å². The molecule has 4 aromatic heterocycles. The zero-order valence-electron chi connectivity index (χ0n) is 14.8. The number of aromatic nitrogens is 5. The fraction of sp³-hybridized carbons (Fsp3) is 0.100. The molecule has 0 bridgehead atoms. The molecule has 0 atom stereocenters. The molecule has 0 aliphatic rings. The number of hydrogen-bond donors (Lipinski definition) is 0. The molecule has 0 fully saturated rings. The van der Waals surface area contributed by atoms with Crippen LogP contribution in [-0.4, -0.2) is 24.7 Å². The highest BCUT2D eigenvalue weighted by Gasteiger charge is 2.26. The summed E-state index contributed by atoms with van der Waals surface area (Å²) in [6.45, 7) is 0.798. The van der Waals surface area contributed by atoms with Gasteiger partial charge in [0.05, 0.1) is 6.20 Å². The minimum absolute atomic E-state index is 0.303. The van der Waals surface area contributed by atoms with Gasteiger partial charge in [-0.25, -0.2) is 14.6 Å². The summed E-state index contributed by atoms with van der Waals surface area (Å²) in [4.78, 5) is 12.5. The summed E-state index contributed by atoms with van der Waals surface area (Å²) in [7, 11) is 0. The molecule has 4 rings (SSSR count). The molecular weight excluding hydrogens is 364 g/mol. The summed E-state index contributed by atoms with van der Waals surface area (Å²) in [5.74, 6) is -1.79. The summed E-state index contributed by atoms with van der Waals surface area (Å²) in [5.41, 5.74) is 1.12. The number of pyridine rings is 3. The van der Waals surface area contributed by atoms with E-state index in [1.54, 1.807) is 47.7 Å². The van der Waals surface area contributed by atoms with Crippen LogP contribution in [-0.2, 0) is 5.92 Å². The molecule has 0 N–H and O–H groups in total. The molecule has 0 aromatic carbocycles.